The molecule has 2 aromatic rings. The highest BCUT2D eigenvalue weighted by molar-refractivity contribution is 5.88. The first kappa shape index (κ1) is 16.9. The third-order valence-electron chi connectivity index (χ3n) is 5.37. The van der Waals surface area contributed by atoms with E-state index in [1.54, 1.807) is 30.0 Å². The van der Waals surface area contributed by atoms with Crippen molar-refractivity contribution in [3.63, 3.8) is 0 Å². The van der Waals surface area contributed by atoms with Crippen LogP contribution in [0.1, 0.15) is 35.6 Å². The smallest absolute Gasteiger partial charge is 0.360 e. The number of carbonyl (C=O) groups excluding carboxylic acids is 1. The Bertz CT molecular complexity index is 848. The maximum atomic E-state index is 13.3. The number of anilines is 1. The van der Waals surface area contributed by atoms with Crippen molar-refractivity contribution in [2.24, 2.45) is 5.41 Å². The molecule has 2 amide bonds. The lowest BCUT2D eigenvalue weighted by Crippen LogP contribution is -2.33. The van der Waals surface area contributed by atoms with E-state index >= 15 is 0 Å². The largest absolute Gasteiger partial charge is 0.416 e. The normalized spacial score (nSPS) is 24.9. The molecule has 1 saturated heterocycles. The second-order valence-corrected chi connectivity index (χ2v) is 7.13. The minimum absolute atomic E-state index is 0.160. The second-order valence-electron chi connectivity index (χ2n) is 7.13. The fourth-order valence-electron chi connectivity index (χ4n) is 3.98. The van der Waals surface area contributed by atoms with Crippen LogP contribution in [0.3, 0.4) is 0 Å². The highest BCUT2D eigenvalue weighted by Crippen LogP contribution is 2.65. The van der Waals surface area contributed by atoms with Crippen LogP contribution in [0.15, 0.2) is 34.9 Å². The van der Waals surface area contributed by atoms with Gasteiger partial charge in [0.25, 0.3) is 0 Å². The number of hydrogen-bond acceptors (Lipinski definition) is 3. The number of aryl methyl sites for hydroxylation is 1. The zero-order valence-corrected chi connectivity index (χ0v) is 14.1. The molecule has 1 aromatic heterocycles. The first-order chi connectivity index (χ1) is 12.3. The van der Waals surface area contributed by atoms with Gasteiger partial charge in [-0.2, -0.15) is 13.2 Å². The van der Waals surface area contributed by atoms with E-state index in [1.165, 1.54) is 6.07 Å². The number of nitrogens with zero attached hydrogens (tertiary/aromatic N) is 2. The number of hydrogen-bond donors (Lipinski definition) is 1. The first-order valence-electron chi connectivity index (χ1n) is 8.44. The van der Waals surface area contributed by atoms with Crippen molar-refractivity contribution in [2.75, 3.05) is 18.4 Å². The fraction of sp³-hybridized carbons (Fsp3) is 0.444. The van der Waals surface area contributed by atoms with Gasteiger partial charge in [-0.15, -0.1) is 0 Å². The van der Waals surface area contributed by atoms with Gasteiger partial charge in [0.05, 0.1) is 5.56 Å². The Morgan fingerprint density at radius 1 is 1.38 bits per heavy atom. The molecule has 2 heterocycles. The Morgan fingerprint density at radius 3 is 2.85 bits per heavy atom. The number of halogens is 3. The van der Waals surface area contributed by atoms with Gasteiger partial charge in [0.15, 0.2) is 5.82 Å². The summed E-state index contributed by atoms with van der Waals surface area (Å²) in [6, 6.07) is 7.06. The van der Waals surface area contributed by atoms with E-state index in [2.05, 4.69) is 10.5 Å². The molecule has 0 bridgehead atoms. The van der Waals surface area contributed by atoms with Crippen LogP contribution in [0.4, 0.5) is 23.8 Å². The van der Waals surface area contributed by atoms with Crippen LogP contribution in [0, 0.1) is 12.3 Å². The molecule has 5 nitrogen and oxygen atoms in total. The van der Waals surface area contributed by atoms with Gasteiger partial charge < -0.3 is 9.42 Å². The van der Waals surface area contributed by atoms with E-state index in [-0.39, 0.29) is 17.4 Å². The average molecular weight is 365 g/mol. The molecule has 1 unspecified atom stereocenters. The summed E-state index contributed by atoms with van der Waals surface area (Å²) in [6.07, 6.45) is -2.98. The van der Waals surface area contributed by atoms with Gasteiger partial charge in [-0.05, 0) is 42.7 Å². The van der Waals surface area contributed by atoms with Gasteiger partial charge in [0.1, 0.15) is 5.76 Å². The summed E-state index contributed by atoms with van der Waals surface area (Å²) in [4.78, 5) is 14.0. The van der Waals surface area contributed by atoms with E-state index in [9.17, 15) is 18.0 Å². The number of carbonyl (C=O) groups is 1. The zero-order valence-electron chi connectivity index (χ0n) is 14.1. The van der Waals surface area contributed by atoms with Gasteiger partial charge in [-0.3, -0.25) is 5.32 Å². The van der Waals surface area contributed by atoms with Gasteiger partial charge in [-0.1, -0.05) is 23.4 Å². The van der Waals surface area contributed by atoms with Crippen molar-refractivity contribution in [3.05, 3.63) is 47.2 Å². The third kappa shape index (κ3) is 2.93. The van der Waals surface area contributed by atoms with Gasteiger partial charge in [0.2, 0.25) is 0 Å². The summed E-state index contributed by atoms with van der Waals surface area (Å²) in [5, 5.41) is 6.38. The molecule has 1 aromatic carbocycles. The third-order valence-corrected chi connectivity index (χ3v) is 5.37. The molecule has 1 spiro atoms. The van der Waals surface area contributed by atoms with Crippen LogP contribution in [0.25, 0.3) is 0 Å². The lowest BCUT2D eigenvalue weighted by Gasteiger charge is -2.17. The van der Waals surface area contributed by atoms with E-state index in [0.29, 0.717) is 43.1 Å². The van der Waals surface area contributed by atoms with E-state index < -0.39 is 11.7 Å². The highest BCUT2D eigenvalue weighted by atomic mass is 19.4. The molecule has 2 fully saturated rings. The summed E-state index contributed by atoms with van der Waals surface area (Å²) in [7, 11) is 0. The van der Waals surface area contributed by atoms with E-state index in [0.717, 1.165) is 6.07 Å². The molecule has 1 aliphatic heterocycles. The van der Waals surface area contributed by atoms with Crippen molar-refractivity contribution >= 4 is 11.8 Å². The Balaban J connectivity index is 1.46. The molecule has 0 radical (unpaired) electrons. The summed E-state index contributed by atoms with van der Waals surface area (Å²) < 4.78 is 44.7. The van der Waals surface area contributed by atoms with Crippen LogP contribution in [0.5, 0.6) is 0 Å². The second kappa shape index (κ2) is 5.75. The summed E-state index contributed by atoms with van der Waals surface area (Å²) >= 11 is 0. The van der Waals surface area contributed by atoms with Crippen molar-refractivity contribution in [1.82, 2.24) is 10.1 Å². The van der Waals surface area contributed by atoms with Crippen molar-refractivity contribution in [3.8, 4) is 0 Å². The predicted octanol–water partition coefficient (Wildman–Crippen LogP) is 4.41. The number of amides is 2. The number of alkyl halides is 3. The summed E-state index contributed by atoms with van der Waals surface area (Å²) in [6.45, 7) is 2.69. The molecular weight excluding hydrogens is 347 g/mol. The monoisotopic (exact) mass is 365 g/mol. The Morgan fingerprint density at radius 2 is 2.15 bits per heavy atom. The molecule has 4 rings (SSSR count). The topological polar surface area (TPSA) is 58.4 Å². The molecule has 1 N–H and O–H groups in total. The molecular formula is C18H18F3N3O2. The number of urea groups is 1. The van der Waals surface area contributed by atoms with Gasteiger partial charge in [0, 0.05) is 19.2 Å². The Labute approximate surface area is 148 Å². The van der Waals surface area contributed by atoms with Crippen LogP contribution in [-0.4, -0.2) is 29.2 Å². The molecule has 2 aliphatic rings. The number of rotatable bonds is 2. The maximum Gasteiger partial charge on any atom is 0.416 e. The Kier molecular flexibility index (Phi) is 3.75. The predicted molar refractivity (Wildman–Crippen MR) is 87.7 cm³/mol. The minimum atomic E-state index is -4.36. The minimum Gasteiger partial charge on any atom is -0.360 e. The quantitative estimate of drug-likeness (QED) is 0.857. The van der Waals surface area contributed by atoms with Crippen LogP contribution in [-0.2, 0) is 6.18 Å². The van der Waals surface area contributed by atoms with Crippen molar-refractivity contribution < 1.29 is 22.5 Å². The molecule has 138 valence electrons. The number of aromatic nitrogens is 1. The van der Waals surface area contributed by atoms with Crippen molar-refractivity contribution in [2.45, 2.75) is 31.9 Å². The van der Waals surface area contributed by atoms with Crippen LogP contribution in [0.2, 0.25) is 0 Å². The van der Waals surface area contributed by atoms with Crippen molar-refractivity contribution in [1.29, 1.82) is 0 Å². The highest BCUT2D eigenvalue weighted by Gasteiger charge is 2.60. The average Bonchev–Trinajstić information content (AvgIpc) is 2.87. The van der Waals surface area contributed by atoms with Gasteiger partial charge >= 0.3 is 12.2 Å². The number of benzene rings is 1. The van der Waals surface area contributed by atoms with Crippen LogP contribution >= 0.6 is 0 Å². The lowest BCUT2D eigenvalue weighted by molar-refractivity contribution is -0.138. The SMILES string of the molecule is Cc1cc(NC(=O)N2CCC3(C[C@H]3c3ccccc3C(F)(F)F)C2)no1. The molecule has 26 heavy (non-hydrogen) atoms. The number of likely N-dealkylation sites (tertiary alicyclic amines) is 1. The van der Waals surface area contributed by atoms with Crippen LogP contribution < -0.4 is 5.32 Å². The summed E-state index contributed by atoms with van der Waals surface area (Å²) in [5.74, 6) is 0.764. The Hall–Kier alpha value is -2.51. The molecule has 8 heteroatoms. The summed E-state index contributed by atoms with van der Waals surface area (Å²) in [5.41, 5.74) is -0.476. The fourth-order valence-corrected chi connectivity index (χ4v) is 3.98. The maximum absolute atomic E-state index is 13.3. The lowest BCUT2D eigenvalue weighted by atomic mass is 9.95. The van der Waals surface area contributed by atoms with Gasteiger partial charge in [-0.25, -0.2) is 4.79 Å². The molecule has 1 saturated carbocycles. The van der Waals surface area contributed by atoms with E-state index in [4.69, 9.17) is 4.52 Å². The van der Waals surface area contributed by atoms with E-state index in [1.807, 2.05) is 0 Å². The standard InChI is InChI=1S/C18H18F3N3O2/c1-11-8-15(23-26-11)22-16(25)24-7-6-17(10-24)9-14(17)12-4-2-3-5-13(12)18(19,20)21/h2-5,8,14H,6-7,9-10H2,1H3,(H,22,23,25)/t14-,17?/m0/s1. The molecule has 1 aliphatic carbocycles. The molecule has 2 atom stereocenters. The number of nitrogens with one attached hydrogen (secondary N) is 1. The first-order valence-corrected chi connectivity index (χ1v) is 8.44. The zero-order chi connectivity index (χ0) is 18.5.